The van der Waals surface area contributed by atoms with Gasteiger partial charge in [0, 0.05) is 20.1 Å². The Morgan fingerprint density at radius 3 is 2.38 bits per heavy atom. The van der Waals surface area contributed by atoms with Crippen molar-refractivity contribution in [2.45, 2.75) is 31.2 Å². The zero-order chi connectivity index (χ0) is 22.1. The number of nitrogens with zero attached hydrogens (tertiary/aromatic N) is 2. The molecule has 2 aromatic carbocycles. The van der Waals surface area contributed by atoms with Crippen LogP contribution in [0.5, 0.6) is 0 Å². The van der Waals surface area contributed by atoms with Crippen molar-refractivity contribution in [2.75, 3.05) is 33.7 Å². The number of hydrogen-bond donors (Lipinski definition) is 3. The van der Waals surface area contributed by atoms with Gasteiger partial charge in [-0.25, -0.2) is 13.1 Å². The summed E-state index contributed by atoms with van der Waals surface area (Å²) < 4.78 is 26.0. The van der Waals surface area contributed by atoms with Crippen LogP contribution in [-0.2, 0) is 22.3 Å². The van der Waals surface area contributed by atoms with Gasteiger partial charge in [0.05, 0.1) is 11.8 Å². The second-order valence-electron chi connectivity index (χ2n) is 7.76. The molecule has 176 valence electrons. The van der Waals surface area contributed by atoms with Crippen LogP contribution in [0.4, 0.5) is 0 Å². The van der Waals surface area contributed by atoms with E-state index < -0.39 is 10.0 Å². The monoisotopic (exact) mass is 571 g/mol. The van der Waals surface area contributed by atoms with Gasteiger partial charge in [-0.3, -0.25) is 9.89 Å². The third-order valence-corrected chi connectivity index (χ3v) is 6.91. The van der Waals surface area contributed by atoms with E-state index in [1.807, 2.05) is 30.3 Å². The Balaban J connectivity index is 0.00000363. The van der Waals surface area contributed by atoms with E-state index in [4.69, 9.17) is 0 Å². The molecule has 3 N–H and O–H groups in total. The molecule has 0 radical (unpaired) electrons. The minimum Gasteiger partial charge on any atom is -0.354 e. The molecule has 0 saturated carbocycles. The molecule has 1 aliphatic rings. The molecule has 1 unspecified atom stereocenters. The zero-order valence-corrected chi connectivity index (χ0v) is 21.9. The predicted octanol–water partition coefficient (Wildman–Crippen LogP) is 2.86. The number of rotatable bonds is 9. The molecule has 1 fully saturated rings. The summed E-state index contributed by atoms with van der Waals surface area (Å²) in [6.07, 6.45) is 2.49. The summed E-state index contributed by atoms with van der Waals surface area (Å²) in [5, 5.41) is 6.81. The maximum Gasteiger partial charge on any atom is 0.215 e. The van der Waals surface area contributed by atoms with Crippen LogP contribution < -0.4 is 15.4 Å². The molecule has 0 spiro atoms. The van der Waals surface area contributed by atoms with Crippen molar-refractivity contribution in [1.82, 2.24) is 20.3 Å². The number of sulfonamides is 1. The lowest BCUT2D eigenvalue weighted by Crippen LogP contribution is -2.42. The summed E-state index contributed by atoms with van der Waals surface area (Å²) in [6.45, 7) is 3.57. The zero-order valence-electron chi connectivity index (χ0n) is 18.8. The third-order valence-electron chi connectivity index (χ3n) is 5.57. The summed E-state index contributed by atoms with van der Waals surface area (Å²) in [7, 11) is -0.0948. The highest BCUT2D eigenvalue weighted by Gasteiger charge is 2.23. The third kappa shape index (κ3) is 8.02. The van der Waals surface area contributed by atoms with Crippen molar-refractivity contribution in [3.63, 3.8) is 0 Å². The molecule has 32 heavy (non-hydrogen) atoms. The van der Waals surface area contributed by atoms with Crippen LogP contribution in [0.25, 0.3) is 0 Å². The number of halogens is 1. The number of nitrogens with one attached hydrogen (secondary N) is 3. The van der Waals surface area contributed by atoms with Crippen molar-refractivity contribution in [1.29, 1.82) is 0 Å². The Kier molecular flexibility index (Phi) is 10.9. The van der Waals surface area contributed by atoms with Gasteiger partial charge in [0.15, 0.2) is 5.96 Å². The van der Waals surface area contributed by atoms with Gasteiger partial charge in [-0.05, 0) is 49.7 Å². The van der Waals surface area contributed by atoms with Gasteiger partial charge in [-0.15, -0.1) is 24.0 Å². The summed E-state index contributed by atoms with van der Waals surface area (Å²) in [5.41, 5.74) is 3.08. The fourth-order valence-electron chi connectivity index (χ4n) is 3.91. The fourth-order valence-corrected chi connectivity index (χ4v) is 4.67. The minimum absolute atomic E-state index is 0. The molecule has 1 heterocycles. The van der Waals surface area contributed by atoms with Gasteiger partial charge >= 0.3 is 0 Å². The minimum atomic E-state index is -3.29. The van der Waals surface area contributed by atoms with E-state index in [2.05, 4.69) is 49.5 Å². The first-order chi connectivity index (χ1) is 15.0. The van der Waals surface area contributed by atoms with E-state index in [1.54, 1.807) is 7.05 Å². The van der Waals surface area contributed by atoms with E-state index in [-0.39, 0.29) is 29.7 Å². The molecule has 3 rings (SSSR count). The largest absolute Gasteiger partial charge is 0.354 e. The molecule has 0 amide bonds. The van der Waals surface area contributed by atoms with Crippen LogP contribution in [0.3, 0.4) is 0 Å². The van der Waals surface area contributed by atoms with E-state index in [0.717, 1.165) is 36.7 Å². The second-order valence-corrected chi connectivity index (χ2v) is 9.69. The van der Waals surface area contributed by atoms with Crippen LogP contribution in [-0.4, -0.2) is 53.0 Å². The first-order valence-electron chi connectivity index (χ1n) is 10.7. The van der Waals surface area contributed by atoms with Crippen molar-refractivity contribution in [3.8, 4) is 0 Å². The lowest BCUT2D eigenvalue weighted by Gasteiger charge is -2.29. The Bertz CT molecular complexity index is 963. The van der Waals surface area contributed by atoms with Gasteiger partial charge < -0.3 is 10.6 Å². The Labute approximate surface area is 209 Å². The average Bonchev–Trinajstić information content (AvgIpc) is 3.31. The first kappa shape index (κ1) is 26.6. The van der Waals surface area contributed by atoms with Gasteiger partial charge in [-0.2, -0.15) is 0 Å². The molecule has 0 aliphatic carbocycles. The van der Waals surface area contributed by atoms with Crippen LogP contribution >= 0.6 is 24.0 Å². The summed E-state index contributed by atoms with van der Waals surface area (Å²) >= 11 is 0. The Morgan fingerprint density at radius 1 is 1.03 bits per heavy atom. The Hall–Kier alpha value is -1.69. The van der Waals surface area contributed by atoms with Crippen LogP contribution in [0.1, 0.15) is 35.6 Å². The molecule has 7 nitrogen and oxygen atoms in total. The lowest BCUT2D eigenvalue weighted by atomic mass is 10.1. The van der Waals surface area contributed by atoms with E-state index in [9.17, 15) is 8.42 Å². The average molecular weight is 572 g/mol. The number of guanidine groups is 1. The first-order valence-corrected chi connectivity index (χ1v) is 12.4. The highest BCUT2D eigenvalue weighted by Crippen LogP contribution is 2.24. The van der Waals surface area contributed by atoms with E-state index in [1.165, 1.54) is 25.5 Å². The highest BCUT2D eigenvalue weighted by molar-refractivity contribution is 14.0. The van der Waals surface area contributed by atoms with Gasteiger partial charge in [-0.1, -0.05) is 54.6 Å². The molecule has 1 saturated heterocycles. The molecular weight excluding hydrogens is 537 g/mol. The maximum atomic E-state index is 11.8. The van der Waals surface area contributed by atoms with Gasteiger partial charge in [0.1, 0.15) is 0 Å². The number of hydrogen-bond acceptors (Lipinski definition) is 4. The smallest absolute Gasteiger partial charge is 0.215 e. The van der Waals surface area contributed by atoms with Crippen molar-refractivity contribution in [3.05, 3.63) is 71.3 Å². The molecule has 0 bridgehead atoms. The van der Waals surface area contributed by atoms with E-state index in [0.29, 0.717) is 12.6 Å². The molecular formula is C23H34IN5O2S. The van der Waals surface area contributed by atoms with Crippen molar-refractivity contribution < 1.29 is 8.42 Å². The van der Waals surface area contributed by atoms with E-state index >= 15 is 0 Å². The summed E-state index contributed by atoms with van der Waals surface area (Å²) in [6, 6.07) is 18.5. The summed E-state index contributed by atoms with van der Waals surface area (Å²) in [5.74, 6) is 0.701. The molecule has 1 atom stereocenters. The summed E-state index contributed by atoms with van der Waals surface area (Å²) in [4.78, 5) is 6.89. The normalized spacial score (nSPS) is 15.8. The second kappa shape index (κ2) is 13.1. The number of likely N-dealkylation sites (tertiary alicyclic amines) is 1. The molecule has 1 aliphatic heterocycles. The fraction of sp³-hybridized carbons (Fsp3) is 0.435. The maximum absolute atomic E-state index is 11.8. The lowest BCUT2D eigenvalue weighted by molar-refractivity contribution is 0.245. The molecule has 0 aromatic heterocycles. The molecule has 2 aromatic rings. The van der Waals surface area contributed by atoms with Crippen LogP contribution in [0.2, 0.25) is 0 Å². The standard InChI is InChI=1S/C23H33N5O2S.HI/c1-24-23(26-16-19-9-8-10-20(15-19)18-31(29,30)25-2)27-17-22(28-13-6-7-14-28)21-11-4-3-5-12-21;/h3-5,8-12,15,22,25H,6-7,13-14,16-18H2,1-2H3,(H2,24,26,27);1H. The highest BCUT2D eigenvalue weighted by atomic mass is 127. The Morgan fingerprint density at radius 2 is 1.72 bits per heavy atom. The van der Waals surface area contributed by atoms with Crippen molar-refractivity contribution >= 4 is 40.0 Å². The quantitative estimate of drug-likeness (QED) is 0.245. The van der Waals surface area contributed by atoms with Gasteiger partial charge in [0.25, 0.3) is 0 Å². The predicted molar refractivity (Wildman–Crippen MR) is 142 cm³/mol. The number of aliphatic imine (C=N–C) groups is 1. The number of benzene rings is 2. The van der Waals surface area contributed by atoms with Crippen molar-refractivity contribution in [2.24, 2.45) is 4.99 Å². The van der Waals surface area contributed by atoms with Crippen LogP contribution in [0.15, 0.2) is 59.6 Å². The van der Waals surface area contributed by atoms with Crippen LogP contribution in [0, 0.1) is 0 Å². The molecule has 9 heteroatoms. The van der Waals surface area contributed by atoms with Gasteiger partial charge in [0.2, 0.25) is 10.0 Å². The topological polar surface area (TPSA) is 85.8 Å². The SMILES string of the molecule is CN=C(NCc1cccc(CS(=O)(=O)NC)c1)NCC(c1ccccc1)N1CCCC1.I.